The Kier molecular flexibility index (Phi) is 6.51. The molecular weight excluding hydrogens is 301 g/mol. The van der Waals surface area contributed by atoms with Crippen LogP contribution in [0.4, 0.5) is 4.39 Å². The maximum absolute atomic E-state index is 13.4. The van der Waals surface area contributed by atoms with Crippen molar-refractivity contribution in [1.29, 1.82) is 0 Å². The molecule has 1 aromatic carbocycles. The molecule has 5 heteroatoms. The summed E-state index contributed by atoms with van der Waals surface area (Å²) < 4.78 is 18.8. The predicted octanol–water partition coefficient (Wildman–Crippen LogP) is 3.21. The van der Waals surface area contributed by atoms with Crippen LogP contribution >= 0.6 is 11.3 Å². The minimum Gasteiger partial charge on any atom is -0.389 e. The Hall–Kier alpha value is -1.27. The lowest BCUT2D eigenvalue weighted by Gasteiger charge is -2.20. The molecular formula is C17H22FNO2S. The highest BCUT2D eigenvalue weighted by Gasteiger charge is 2.10. The molecule has 0 radical (unpaired) electrons. The van der Waals surface area contributed by atoms with Crippen LogP contribution in [0.5, 0.6) is 0 Å². The number of likely N-dealkylation sites (N-methyl/N-ethyl adjacent to an activating group) is 1. The van der Waals surface area contributed by atoms with Gasteiger partial charge in [0.05, 0.1) is 19.3 Å². The second-order valence-electron chi connectivity index (χ2n) is 5.47. The molecule has 1 N–H and O–H groups in total. The summed E-state index contributed by atoms with van der Waals surface area (Å²) in [7, 11) is 1.97. The van der Waals surface area contributed by atoms with Gasteiger partial charge in [-0.3, -0.25) is 4.90 Å². The number of nitrogens with zero attached hydrogens (tertiary/aromatic N) is 1. The van der Waals surface area contributed by atoms with Gasteiger partial charge in [0, 0.05) is 28.4 Å². The molecule has 1 aromatic heterocycles. The van der Waals surface area contributed by atoms with Crippen LogP contribution in [0.15, 0.2) is 36.4 Å². The minimum atomic E-state index is -0.585. The van der Waals surface area contributed by atoms with Crippen LogP contribution in [0.3, 0.4) is 0 Å². The first-order valence-corrected chi connectivity index (χ1v) is 8.09. The van der Waals surface area contributed by atoms with Crippen molar-refractivity contribution in [3.05, 3.63) is 57.5 Å². The van der Waals surface area contributed by atoms with Gasteiger partial charge in [-0.2, -0.15) is 0 Å². The average Bonchev–Trinajstić information content (AvgIpc) is 2.86. The minimum absolute atomic E-state index is 0.178. The zero-order valence-corrected chi connectivity index (χ0v) is 13.8. The molecule has 2 aromatic rings. The van der Waals surface area contributed by atoms with E-state index in [4.69, 9.17) is 4.74 Å². The summed E-state index contributed by atoms with van der Waals surface area (Å²) in [6.07, 6.45) is -0.585. The van der Waals surface area contributed by atoms with Crippen molar-refractivity contribution in [2.45, 2.75) is 26.2 Å². The molecule has 0 bridgehead atoms. The Morgan fingerprint density at radius 3 is 2.73 bits per heavy atom. The molecule has 0 saturated carbocycles. The summed E-state index contributed by atoms with van der Waals surface area (Å²) in [5, 5.41) is 9.99. The van der Waals surface area contributed by atoms with Gasteiger partial charge in [-0.25, -0.2) is 4.39 Å². The molecule has 1 atom stereocenters. The molecule has 120 valence electrons. The maximum atomic E-state index is 13.4. The lowest BCUT2D eigenvalue weighted by atomic mass is 10.2. The first-order chi connectivity index (χ1) is 10.5. The fourth-order valence-electron chi connectivity index (χ4n) is 2.23. The van der Waals surface area contributed by atoms with Crippen molar-refractivity contribution in [1.82, 2.24) is 4.90 Å². The zero-order chi connectivity index (χ0) is 15.9. The van der Waals surface area contributed by atoms with Crippen LogP contribution in [0.1, 0.15) is 15.3 Å². The van der Waals surface area contributed by atoms with Gasteiger partial charge in [0.2, 0.25) is 0 Å². The van der Waals surface area contributed by atoms with Gasteiger partial charge in [-0.15, -0.1) is 11.3 Å². The molecule has 0 spiro atoms. The highest BCUT2D eigenvalue weighted by molar-refractivity contribution is 7.11. The molecule has 3 nitrogen and oxygen atoms in total. The first kappa shape index (κ1) is 17.1. The van der Waals surface area contributed by atoms with Gasteiger partial charge >= 0.3 is 0 Å². The summed E-state index contributed by atoms with van der Waals surface area (Å²) in [4.78, 5) is 4.62. The lowest BCUT2D eigenvalue weighted by Crippen LogP contribution is -2.31. The summed E-state index contributed by atoms with van der Waals surface area (Å²) in [6, 6.07) is 10.7. The Balaban J connectivity index is 1.69. The third-order valence-electron chi connectivity index (χ3n) is 3.27. The van der Waals surface area contributed by atoms with Gasteiger partial charge in [-0.05, 0) is 32.2 Å². The van der Waals surface area contributed by atoms with Crippen molar-refractivity contribution >= 4 is 11.3 Å². The third kappa shape index (κ3) is 5.50. The van der Waals surface area contributed by atoms with Crippen molar-refractivity contribution in [3.8, 4) is 0 Å². The van der Waals surface area contributed by atoms with E-state index in [9.17, 15) is 9.50 Å². The van der Waals surface area contributed by atoms with Crippen molar-refractivity contribution in [2.75, 3.05) is 20.2 Å². The van der Waals surface area contributed by atoms with E-state index in [1.165, 1.54) is 15.8 Å². The number of ether oxygens (including phenoxy) is 1. The van der Waals surface area contributed by atoms with Crippen molar-refractivity contribution in [3.63, 3.8) is 0 Å². The molecule has 1 heterocycles. The summed E-state index contributed by atoms with van der Waals surface area (Å²) in [5.74, 6) is -0.276. The quantitative estimate of drug-likeness (QED) is 0.810. The Labute approximate surface area is 135 Å². The normalized spacial score (nSPS) is 12.8. The van der Waals surface area contributed by atoms with Crippen LogP contribution in [0.25, 0.3) is 0 Å². The number of hydrogen-bond donors (Lipinski definition) is 1. The van der Waals surface area contributed by atoms with E-state index in [0.717, 1.165) is 6.54 Å². The lowest BCUT2D eigenvalue weighted by molar-refractivity contribution is 0.0120. The molecule has 0 aliphatic rings. The van der Waals surface area contributed by atoms with Gasteiger partial charge in [-0.1, -0.05) is 18.2 Å². The topological polar surface area (TPSA) is 32.7 Å². The van der Waals surface area contributed by atoms with E-state index in [1.807, 2.05) is 7.05 Å². The largest absolute Gasteiger partial charge is 0.389 e. The van der Waals surface area contributed by atoms with Crippen LogP contribution in [-0.4, -0.2) is 36.3 Å². The molecule has 0 aliphatic heterocycles. The van der Waals surface area contributed by atoms with Gasteiger partial charge in [0.1, 0.15) is 5.82 Å². The Bertz CT molecular complexity index is 588. The van der Waals surface area contributed by atoms with Gasteiger partial charge < -0.3 is 9.84 Å². The monoisotopic (exact) mass is 323 g/mol. The van der Waals surface area contributed by atoms with E-state index in [1.54, 1.807) is 29.5 Å². The molecule has 0 saturated heterocycles. The van der Waals surface area contributed by atoms with E-state index in [2.05, 4.69) is 24.0 Å². The number of rotatable bonds is 8. The first-order valence-electron chi connectivity index (χ1n) is 7.27. The number of halogens is 1. The summed E-state index contributed by atoms with van der Waals surface area (Å²) in [6.45, 7) is 3.79. The smallest absolute Gasteiger partial charge is 0.128 e. The highest BCUT2D eigenvalue weighted by Crippen LogP contribution is 2.16. The number of benzene rings is 1. The van der Waals surface area contributed by atoms with Crippen LogP contribution in [-0.2, 0) is 17.9 Å². The van der Waals surface area contributed by atoms with Gasteiger partial charge in [0.15, 0.2) is 0 Å². The van der Waals surface area contributed by atoms with Crippen molar-refractivity contribution in [2.24, 2.45) is 0 Å². The predicted molar refractivity (Wildman–Crippen MR) is 87.5 cm³/mol. The molecule has 22 heavy (non-hydrogen) atoms. The second-order valence-corrected chi connectivity index (χ2v) is 6.84. The maximum Gasteiger partial charge on any atom is 0.128 e. The second kappa shape index (κ2) is 8.39. The van der Waals surface area contributed by atoms with Gasteiger partial charge in [0.25, 0.3) is 0 Å². The average molecular weight is 323 g/mol. The summed E-state index contributed by atoms with van der Waals surface area (Å²) >= 11 is 1.76. The molecule has 0 aliphatic carbocycles. The van der Waals surface area contributed by atoms with E-state index in [-0.39, 0.29) is 19.0 Å². The standard InChI is InChI=1S/C17H22FNO2S/c1-13-7-8-16(22-13)10-19(2)9-15(20)12-21-11-14-5-3-4-6-17(14)18/h3-8,15,20H,9-12H2,1-2H3. The van der Waals surface area contributed by atoms with E-state index >= 15 is 0 Å². The molecule has 2 rings (SSSR count). The highest BCUT2D eigenvalue weighted by atomic mass is 32.1. The zero-order valence-electron chi connectivity index (χ0n) is 13.0. The number of thiophene rings is 1. The third-order valence-corrected chi connectivity index (χ3v) is 4.26. The van der Waals surface area contributed by atoms with E-state index < -0.39 is 6.10 Å². The fourth-order valence-corrected chi connectivity index (χ4v) is 3.20. The number of aliphatic hydroxyl groups excluding tert-OH is 1. The number of hydrogen-bond acceptors (Lipinski definition) is 4. The molecule has 1 unspecified atom stereocenters. The molecule has 0 amide bonds. The Morgan fingerprint density at radius 2 is 2.05 bits per heavy atom. The molecule has 0 fully saturated rings. The van der Waals surface area contributed by atoms with Crippen LogP contribution < -0.4 is 0 Å². The Morgan fingerprint density at radius 1 is 1.27 bits per heavy atom. The van der Waals surface area contributed by atoms with Crippen LogP contribution in [0.2, 0.25) is 0 Å². The van der Waals surface area contributed by atoms with Crippen LogP contribution in [0, 0.1) is 12.7 Å². The number of aryl methyl sites for hydroxylation is 1. The number of aliphatic hydroxyl groups is 1. The fraction of sp³-hybridized carbons (Fsp3) is 0.412. The van der Waals surface area contributed by atoms with E-state index in [0.29, 0.717) is 12.1 Å². The van der Waals surface area contributed by atoms with Crippen molar-refractivity contribution < 1.29 is 14.2 Å². The summed E-state index contributed by atoms with van der Waals surface area (Å²) in [5.41, 5.74) is 0.511. The SMILES string of the molecule is Cc1ccc(CN(C)CC(O)COCc2ccccc2F)s1.